The van der Waals surface area contributed by atoms with Crippen LogP contribution in [0.15, 0.2) is 61.1 Å². The number of methoxy groups -OCH3 is 1. The highest BCUT2D eigenvalue weighted by Crippen LogP contribution is 2.28. The number of nitrogens with zero attached hydrogens (tertiary/aromatic N) is 2. The molecule has 0 atom stereocenters. The topological polar surface area (TPSA) is 50.8 Å². The van der Waals surface area contributed by atoms with Crippen LogP contribution in [0.2, 0.25) is 5.02 Å². The van der Waals surface area contributed by atoms with Crippen LogP contribution in [-0.2, 0) is 19.3 Å². The minimum absolute atomic E-state index is 0.769. The minimum atomic E-state index is 0.769. The molecule has 1 aromatic carbocycles. The summed E-state index contributed by atoms with van der Waals surface area (Å²) in [4.78, 5) is 12.2. The van der Waals surface area contributed by atoms with Crippen LogP contribution in [-0.4, -0.2) is 22.1 Å². The van der Waals surface area contributed by atoms with E-state index in [0.717, 1.165) is 57.9 Å². The zero-order chi connectivity index (χ0) is 18.6. The number of pyridine rings is 2. The summed E-state index contributed by atoms with van der Waals surface area (Å²) in [6.45, 7) is 0. The number of hydrogen-bond acceptors (Lipinski definition) is 3. The molecule has 0 unspecified atom stereocenters. The predicted molar refractivity (Wildman–Crippen MR) is 109 cm³/mol. The molecule has 0 fully saturated rings. The first-order valence-corrected chi connectivity index (χ1v) is 9.28. The fraction of sp³-hybridized carbons (Fsp3) is 0.182. The van der Waals surface area contributed by atoms with E-state index in [-0.39, 0.29) is 0 Å². The van der Waals surface area contributed by atoms with Gasteiger partial charge in [-0.2, -0.15) is 0 Å². The number of H-pyrrole nitrogens is 1. The quantitative estimate of drug-likeness (QED) is 0.514. The second-order valence-electron chi connectivity index (χ2n) is 6.51. The number of aromatic nitrogens is 3. The second kappa shape index (κ2) is 7.80. The smallest absolute Gasteiger partial charge is 0.141 e. The van der Waals surface area contributed by atoms with Crippen molar-refractivity contribution in [3.63, 3.8) is 0 Å². The molecule has 0 amide bonds. The van der Waals surface area contributed by atoms with E-state index in [9.17, 15) is 0 Å². The Bertz CT molecular complexity index is 1040. The van der Waals surface area contributed by atoms with E-state index in [1.54, 1.807) is 13.3 Å². The lowest BCUT2D eigenvalue weighted by atomic mass is 10.0. The minimum Gasteiger partial charge on any atom is -0.496 e. The third-order valence-electron chi connectivity index (χ3n) is 4.70. The number of fused-ring (bicyclic) bond motifs is 1. The van der Waals surface area contributed by atoms with E-state index in [4.69, 9.17) is 16.3 Å². The molecule has 0 bridgehead atoms. The van der Waals surface area contributed by atoms with Gasteiger partial charge in [-0.05, 0) is 53.8 Å². The van der Waals surface area contributed by atoms with Gasteiger partial charge in [0.05, 0.1) is 12.5 Å². The number of ether oxygens (including phenoxy) is 1. The molecule has 0 saturated heterocycles. The normalized spacial score (nSPS) is 11.0. The molecule has 0 radical (unpaired) electrons. The highest BCUT2D eigenvalue weighted by molar-refractivity contribution is 6.30. The van der Waals surface area contributed by atoms with Crippen molar-refractivity contribution in [2.75, 3.05) is 7.11 Å². The summed E-state index contributed by atoms with van der Waals surface area (Å²) in [7, 11) is 1.68. The molecule has 0 saturated carbocycles. The van der Waals surface area contributed by atoms with Crippen LogP contribution in [0.1, 0.15) is 22.4 Å². The summed E-state index contributed by atoms with van der Waals surface area (Å²) in [5.74, 6) is 0.837. The molecular formula is C22H20ClN3O. The van der Waals surface area contributed by atoms with Crippen LogP contribution in [0, 0.1) is 0 Å². The van der Waals surface area contributed by atoms with Gasteiger partial charge in [0.2, 0.25) is 0 Å². The number of aromatic amines is 1. The van der Waals surface area contributed by atoms with Crippen molar-refractivity contribution in [2.24, 2.45) is 0 Å². The number of aryl methyl sites for hydroxylation is 2. The van der Waals surface area contributed by atoms with Crippen molar-refractivity contribution < 1.29 is 4.74 Å². The predicted octanol–water partition coefficient (Wildman–Crippen LogP) is 5.00. The average molecular weight is 378 g/mol. The molecule has 136 valence electrons. The molecule has 0 spiro atoms. The molecule has 5 heteroatoms. The van der Waals surface area contributed by atoms with Gasteiger partial charge in [0.25, 0.3) is 0 Å². The van der Waals surface area contributed by atoms with Crippen molar-refractivity contribution in [1.29, 1.82) is 0 Å². The molecule has 27 heavy (non-hydrogen) atoms. The van der Waals surface area contributed by atoms with Crippen molar-refractivity contribution in [3.05, 3.63) is 88.5 Å². The van der Waals surface area contributed by atoms with Gasteiger partial charge in [-0.3, -0.25) is 4.98 Å². The first-order valence-electron chi connectivity index (χ1n) is 8.90. The maximum absolute atomic E-state index is 5.93. The molecule has 3 aromatic heterocycles. The van der Waals surface area contributed by atoms with Gasteiger partial charge in [0.1, 0.15) is 11.4 Å². The van der Waals surface area contributed by atoms with Gasteiger partial charge in [0.15, 0.2) is 0 Å². The molecule has 3 heterocycles. The molecule has 1 N–H and O–H groups in total. The highest BCUT2D eigenvalue weighted by Gasteiger charge is 2.11. The van der Waals surface area contributed by atoms with E-state index < -0.39 is 0 Å². The average Bonchev–Trinajstić information content (AvgIpc) is 3.12. The van der Waals surface area contributed by atoms with Crippen LogP contribution in [0.25, 0.3) is 11.0 Å². The second-order valence-corrected chi connectivity index (χ2v) is 6.95. The SMILES string of the molecule is COc1ccnc2[nH]cc(Cc3ccc(CCc4ccc(Cl)cc4)nc3)c12. The summed E-state index contributed by atoms with van der Waals surface area (Å²) in [6.07, 6.45) is 8.35. The van der Waals surface area contributed by atoms with E-state index in [1.165, 1.54) is 5.56 Å². The summed E-state index contributed by atoms with van der Waals surface area (Å²) in [6, 6.07) is 14.1. The lowest BCUT2D eigenvalue weighted by Crippen LogP contribution is -1.96. The van der Waals surface area contributed by atoms with Gasteiger partial charge in [-0.25, -0.2) is 4.98 Å². The van der Waals surface area contributed by atoms with Crippen molar-refractivity contribution in [2.45, 2.75) is 19.3 Å². The molecule has 0 aliphatic heterocycles. The zero-order valence-corrected chi connectivity index (χ0v) is 15.8. The number of rotatable bonds is 6. The zero-order valence-electron chi connectivity index (χ0n) is 15.1. The number of hydrogen-bond donors (Lipinski definition) is 1. The summed E-state index contributed by atoms with van der Waals surface area (Å²) in [5, 5.41) is 1.80. The van der Waals surface area contributed by atoms with Crippen molar-refractivity contribution >= 4 is 22.6 Å². The fourth-order valence-corrected chi connectivity index (χ4v) is 3.38. The Kier molecular flexibility index (Phi) is 5.07. The largest absolute Gasteiger partial charge is 0.496 e. The fourth-order valence-electron chi connectivity index (χ4n) is 3.25. The molecular weight excluding hydrogens is 358 g/mol. The first-order chi connectivity index (χ1) is 13.2. The van der Waals surface area contributed by atoms with Crippen molar-refractivity contribution in [1.82, 2.24) is 15.0 Å². The molecule has 0 aliphatic rings. The van der Waals surface area contributed by atoms with Crippen LogP contribution >= 0.6 is 11.6 Å². The summed E-state index contributed by atoms with van der Waals surface area (Å²) >= 11 is 5.93. The Hall–Kier alpha value is -2.85. The number of halogens is 1. The molecule has 4 rings (SSSR count). The number of benzene rings is 1. The maximum Gasteiger partial charge on any atom is 0.141 e. The summed E-state index contributed by atoms with van der Waals surface area (Å²) in [5.41, 5.74) is 5.52. The van der Waals surface area contributed by atoms with Gasteiger partial charge >= 0.3 is 0 Å². The van der Waals surface area contributed by atoms with Gasteiger partial charge in [-0.1, -0.05) is 29.8 Å². The van der Waals surface area contributed by atoms with E-state index in [2.05, 4.69) is 39.2 Å². The Balaban J connectivity index is 1.46. The van der Waals surface area contributed by atoms with Crippen LogP contribution in [0.3, 0.4) is 0 Å². The lowest BCUT2D eigenvalue weighted by Gasteiger charge is -2.06. The van der Waals surface area contributed by atoms with E-state index in [1.807, 2.05) is 30.6 Å². The van der Waals surface area contributed by atoms with Gasteiger partial charge in [-0.15, -0.1) is 0 Å². The lowest BCUT2D eigenvalue weighted by molar-refractivity contribution is 0.419. The molecule has 0 aliphatic carbocycles. The number of nitrogens with one attached hydrogen (secondary N) is 1. The van der Waals surface area contributed by atoms with Gasteiger partial charge in [0, 0.05) is 35.7 Å². The third kappa shape index (κ3) is 3.96. The van der Waals surface area contributed by atoms with E-state index in [0.29, 0.717) is 0 Å². The Morgan fingerprint density at radius 3 is 2.52 bits per heavy atom. The summed E-state index contributed by atoms with van der Waals surface area (Å²) < 4.78 is 5.48. The molecule has 4 nitrogen and oxygen atoms in total. The van der Waals surface area contributed by atoms with Crippen LogP contribution in [0.5, 0.6) is 5.75 Å². The Morgan fingerprint density at radius 1 is 0.963 bits per heavy atom. The first kappa shape index (κ1) is 17.6. The van der Waals surface area contributed by atoms with Crippen molar-refractivity contribution in [3.8, 4) is 5.75 Å². The molecule has 4 aromatic rings. The Morgan fingerprint density at radius 2 is 1.78 bits per heavy atom. The van der Waals surface area contributed by atoms with Gasteiger partial charge < -0.3 is 9.72 Å². The maximum atomic E-state index is 5.93. The van der Waals surface area contributed by atoms with E-state index >= 15 is 0 Å². The van der Waals surface area contributed by atoms with Crippen LogP contribution < -0.4 is 4.74 Å². The highest BCUT2D eigenvalue weighted by atomic mass is 35.5. The van der Waals surface area contributed by atoms with Crippen LogP contribution in [0.4, 0.5) is 0 Å². The Labute approximate surface area is 163 Å². The monoisotopic (exact) mass is 377 g/mol. The standard InChI is InChI=1S/C22H20ClN3O/c1-27-20-10-11-24-22-21(20)17(14-26-22)12-16-5-9-19(25-13-16)8-4-15-2-6-18(23)7-3-15/h2-3,5-7,9-11,13-14H,4,8,12H2,1H3,(H,24,26). The third-order valence-corrected chi connectivity index (χ3v) is 4.95.